The van der Waals surface area contributed by atoms with E-state index < -0.39 is 11.4 Å². The molecule has 0 fully saturated rings. The zero-order valence-electron chi connectivity index (χ0n) is 9.81. The van der Waals surface area contributed by atoms with Gasteiger partial charge in [0, 0.05) is 6.54 Å². The number of carbonyl (C=O) groups is 1. The van der Waals surface area contributed by atoms with E-state index in [1.165, 1.54) is 18.5 Å². The lowest BCUT2D eigenvalue weighted by Gasteiger charge is -2.06. The predicted octanol–water partition coefficient (Wildman–Crippen LogP) is 0.672. The van der Waals surface area contributed by atoms with Crippen LogP contribution >= 0.6 is 0 Å². The summed E-state index contributed by atoms with van der Waals surface area (Å²) in [6.07, 6.45) is 1.29. The molecule has 6 heteroatoms. The Bertz CT molecular complexity index is 651. The van der Waals surface area contributed by atoms with E-state index in [1.54, 1.807) is 6.92 Å². The van der Waals surface area contributed by atoms with Gasteiger partial charge < -0.3 is 5.32 Å². The minimum Gasteiger partial charge on any atom is -0.355 e. The summed E-state index contributed by atoms with van der Waals surface area (Å²) in [5, 5.41) is 2.75. The van der Waals surface area contributed by atoms with Gasteiger partial charge in [-0.1, -0.05) is 0 Å². The molecule has 0 atom stereocenters. The Morgan fingerprint density at radius 3 is 3.00 bits per heavy atom. The molecule has 18 heavy (non-hydrogen) atoms. The predicted molar refractivity (Wildman–Crippen MR) is 64.6 cm³/mol. The molecule has 1 aromatic carbocycles. The number of likely N-dealkylation sites (N-methyl/N-ethyl adjacent to an activating group) is 1. The van der Waals surface area contributed by atoms with Crippen LogP contribution in [0.4, 0.5) is 4.39 Å². The van der Waals surface area contributed by atoms with Crippen LogP contribution in [0.5, 0.6) is 0 Å². The first-order valence-electron chi connectivity index (χ1n) is 5.53. The van der Waals surface area contributed by atoms with E-state index in [1.807, 2.05) is 0 Å². The number of rotatable bonds is 3. The van der Waals surface area contributed by atoms with Crippen LogP contribution in [0.2, 0.25) is 0 Å². The summed E-state index contributed by atoms with van der Waals surface area (Å²) in [5.41, 5.74) is -0.0145. The molecule has 0 aliphatic carbocycles. The van der Waals surface area contributed by atoms with Gasteiger partial charge in [-0.3, -0.25) is 14.2 Å². The van der Waals surface area contributed by atoms with E-state index in [9.17, 15) is 14.0 Å². The van der Waals surface area contributed by atoms with E-state index in [0.717, 1.165) is 10.6 Å². The van der Waals surface area contributed by atoms with Gasteiger partial charge in [0.1, 0.15) is 12.4 Å². The summed E-state index contributed by atoms with van der Waals surface area (Å²) in [5.74, 6) is -0.783. The summed E-state index contributed by atoms with van der Waals surface area (Å²) < 4.78 is 14.2. The molecule has 0 aliphatic rings. The normalized spacial score (nSPS) is 10.6. The first-order valence-corrected chi connectivity index (χ1v) is 5.53. The Hall–Kier alpha value is -2.24. The number of benzene rings is 1. The number of fused-ring (bicyclic) bond motifs is 1. The number of aromatic nitrogens is 2. The topological polar surface area (TPSA) is 64.0 Å². The van der Waals surface area contributed by atoms with Gasteiger partial charge in [0.2, 0.25) is 5.91 Å². The molecule has 2 rings (SSSR count). The number of carbonyl (C=O) groups excluding carboxylic acids is 1. The van der Waals surface area contributed by atoms with Crippen molar-refractivity contribution in [2.45, 2.75) is 13.5 Å². The first-order chi connectivity index (χ1) is 8.61. The highest BCUT2D eigenvalue weighted by Crippen LogP contribution is 2.08. The smallest absolute Gasteiger partial charge is 0.261 e. The lowest BCUT2D eigenvalue weighted by Crippen LogP contribution is -2.32. The standard InChI is InChI=1S/C12H12FN3O2/c1-2-14-11(17)6-16-7-15-10-4-3-8(13)5-9(10)12(16)18/h3-5,7H,2,6H2,1H3,(H,14,17). The lowest BCUT2D eigenvalue weighted by atomic mass is 10.2. The fourth-order valence-corrected chi connectivity index (χ4v) is 1.65. The summed E-state index contributed by atoms with van der Waals surface area (Å²) >= 11 is 0. The molecule has 1 heterocycles. The minimum atomic E-state index is -0.503. The molecule has 0 radical (unpaired) electrons. The summed E-state index contributed by atoms with van der Waals surface area (Å²) in [6.45, 7) is 2.16. The van der Waals surface area contributed by atoms with E-state index in [2.05, 4.69) is 10.3 Å². The number of hydrogen-bond acceptors (Lipinski definition) is 3. The zero-order valence-corrected chi connectivity index (χ0v) is 9.81. The Labute approximate surface area is 102 Å². The first kappa shape index (κ1) is 12.2. The van der Waals surface area contributed by atoms with Gasteiger partial charge in [-0.25, -0.2) is 9.37 Å². The van der Waals surface area contributed by atoms with Crippen molar-refractivity contribution in [2.24, 2.45) is 0 Å². The Kier molecular flexibility index (Phi) is 3.36. The van der Waals surface area contributed by atoms with Crippen LogP contribution in [0.25, 0.3) is 10.9 Å². The molecule has 0 aliphatic heterocycles. The highest BCUT2D eigenvalue weighted by atomic mass is 19.1. The highest BCUT2D eigenvalue weighted by molar-refractivity contribution is 5.78. The monoisotopic (exact) mass is 249 g/mol. The van der Waals surface area contributed by atoms with E-state index in [4.69, 9.17) is 0 Å². The third kappa shape index (κ3) is 2.37. The van der Waals surface area contributed by atoms with Crippen LogP contribution in [-0.4, -0.2) is 22.0 Å². The number of hydrogen-bond donors (Lipinski definition) is 1. The Balaban J connectivity index is 2.44. The average molecular weight is 249 g/mol. The summed E-state index contributed by atoms with van der Waals surface area (Å²) in [7, 11) is 0. The largest absolute Gasteiger partial charge is 0.355 e. The van der Waals surface area contributed by atoms with Gasteiger partial charge in [-0.15, -0.1) is 0 Å². The van der Waals surface area contributed by atoms with Gasteiger partial charge in [0.25, 0.3) is 5.56 Å². The summed E-state index contributed by atoms with van der Waals surface area (Å²) in [6, 6.07) is 3.80. The number of nitrogens with zero attached hydrogens (tertiary/aromatic N) is 2. The second kappa shape index (κ2) is 4.95. The molecule has 2 aromatic rings. The number of amides is 1. The van der Waals surface area contributed by atoms with Crippen LogP contribution in [0, 0.1) is 5.82 Å². The zero-order chi connectivity index (χ0) is 13.1. The quantitative estimate of drug-likeness (QED) is 0.869. The van der Waals surface area contributed by atoms with Crippen molar-refractivity contribution in [2.75, 3.05) is 6.54 Å². The van der Waals surface area contributed by atoms with Crippen molar-refractivity contribution in [1.82, 2.24) is 14.9 Å². The van der Waals surface area contributed by atoms with Crippen molar-refractivity contribution in [3.8, 4) is 0 Å². The van der Waals surface area contributed by atoms with Gasteiger partial charge in [-0.2, -0.15) is 0 Å². The molecule has 0 saturated heterocycles. The highest BCUT2D eigenvalue weighted by Gasteiger charge is 2.08. The van der Waals surface area contributed by atoms with Crippen LogP contribution in [0.3, 0.4) is 0 Å². The Morgan fingerprint density at radius 1 is 1.50 bits per heavy atom. The van der Waals surface area contributed by atoms with Crippen molar-refractivity contribution < 1.29 is 9.18 Å². The van der Waals surface area contributed by atoms with Crippen LogP contribution in [0.1, 0.15) is 6.92 Å². The van der Waals surface area contributed by atoms with Crippen molar-refractivity contribution >= 4 is 16.8 Å². The van der Waals surface area contributed by atoms with Crippen LogP contribution in [0.15, 0.2) is 29.3 Å². The number of nitrogens with one attached hydrogen (secondary N) is 1. The summed E-state index contributed by atoms with van der Waals surface area (Å²) in [4.78, 5) is 27.4. The van der Waals surface area contributed by atoms with Gasteiger partial charge in [0.15, 0.2) is 0 Å². The maximum Gasteiger partial charge on any atom is 0.261 e. The van der Waals surface area contributed by atoms with Gasteiger partial charge >= 0.3 is 0 Å². The van der Waals surface area contributed by atoms with Crippen molar-refractivity contribution in [3.63, 3.8) is 0 Å². The van der Waals surface area contributed by atoms with Crippen LogP contribution < -0.4 is 10.9 Å². The maximum absolute atomic E-state index is 13.1. The fourth-order valence-electron chi connectivity index (χ4n) is 1.65. The molecule has 0 bridgehead atoms. The fraction of sp³-hybridized carbons (Fsp3) is 0.250. The lowest BCUT2D eigenvalue weighted by molar-refractivity contribution is -0.121. The van der Waals surface area contributed by atoms with E-state index in [0.29, 0.717) is 12.1 Å². The van der Waals surface area contributed by atoms with Crippen LogP contribution in [-0.2, 0) is 11.3 Å². The van der Waals surface area contributed by atoms with Gasteiger partial charge in [-0.05, 0) is 25.1 Å². The van der Waals surface area contributed by atoms with Gasteiger partial charge in [0.05, 0.1) is 17.2 Å². The second-order valence-corrected chi connectivity index (χ2v) is 3.79. The SMILES string of the molecule is CCNC(=O)Cn1cnc2ccc(F)cc2c1=O. The average Bonchev–Trinajstić information content (AvgIpc) is 2.34. The third-order valence-electron chi connectivity index (χ3n) is 2.47. The molecule has 0 unspecified atom stereocenters. The molecule has 5 nitrogen and oxygen atoms in total. The number of halogens is 1. The van der Waals surface area contributed by atoms with E-state index in [-0.39, 0.29) is 17.8 Å². The molecule has 1 aromatic heterocycles. The molecule has 0 saturated carbocycles. The van der Waals surface area contributed by atoms with Crippen molar-refractivity contribution in [3.05, 3.63) is 40.7 Å². The Morgan fingerprint density at radius 2 is 2.28 bits per heavy atom. The molecular formula is C12H12FN3O2. The molecule has 94 valence electrons. The minimum absolute atomic E-state index is 0.119. The molecular weight excluding hydrogens is 237 g/mol. The van der Waals surface area contributed by atoms with E-state index >= 15 is 0 Å². The molecule has 1 N–H and O–H groups in total. The molecule has 0 spiro atoms. The third-order valence-corrected chi connectivity index (χ3v) is 2.47. The second-order valence-electron chi connectivity index (χ2n) is 3.79. The van der Waals surface area contributed by atoms with Crippen molar-refractivity contribution in [1.29, 1.82) is 0 Å². The molecule has 1 amide bonds. The maximum atomic E-state index is 13.1.